The molecule has 1 unspecified atom stereocenters. The highest BCUT2D eigenvalue weighted by Crippen LogP contribution is 2.64. The van der Waals surface area contributed by atoms with Crippen LogP contribution in [0.1, 0.15) is 46.5 Å². The van der Waals surface area contributed by atoms with Crippen molar-refractivity contribution in [2.75, 3.05) is 5.75 Å². The van der Waals surface area contributed by atoms with Gasteiger partial charge in [0.05, 0.1) is 35.6 Å². The lowest BCUT2D eigenvalue weighted by atomic mass is 9.70. The van der Waals surface area contributed by atoms with Crippen molar-refractivity contribution in [1.29, 1.82) is 0 Å². The van der Waals surface area contributed by atoms with Crippen LogP contribution < -0.4 is 4.57 Å². The molecular weight excluding hydrogens is 356 g/mol. The fourth-order valence-electron chi connectivity index (χ4n) is 4.38. The second kappa shape index (κ2) is 7.40. The van der Waals surface area contributed by atoms with E-state index in [9.17, 15) is 17.8 Å². The molecule has 1 heterocycles. The molecule has 0 radical (unpaired) electrons. The minimum atomic E-state index is -4.33. The number of carbonyl (C=O) groups excluding carboxylic acids is 1. The summed E-state index contributed by atoms with van der Waals surface area (Å²) in [4.78, 5) is 11.8. The number of aromatic nitrogens is 2. The molecule has 1 N–H and O–H groups in total. The van der Waals surface area contributed by atoms with E-state index in [2.05, 4.69) is 4.57 Å². The average molecular weight is 387 g/mol. The van der Waals surface area contributed by atoms with Gasteiger partial charge < -0.3 is 9.66 Å². The van der Waals surface area contributed by atoms with Crippen LogP contribution in [-0.4, -0.2) is 40.3 Å². The largest absolute Gasteiger partial charge is 0.748 e. The van der Waals surface area contributed by atoms with Crippen LogP contribution in [-0.2, 0) is 28.5 Å². The summed E-state index contributed by atoms with van der Waals surface area (Å²) in [5.41, 5.74) is -1.22. The Morgan fingerprint density at radius 1 is 1.46 bits per heavy atom. The maximum Gasteiger partial charge on any atom is 0.243 e. The molecular formula is C18H30N2O5S. The first-order valence-electron chi connectivity index (χ1n) is 9.03. The number of Topliss-reactive ketones (excluding diaryl/α,β-unsaturated/α-hetero) is 1. The molecule has 8 heteroatoms. The van der Waals surface area contributed by atoms with Crippen LogP contribution >= 0.6 is 0 Å². The smallest absolute Gasteiger partial charge is 0.243 e. The molecule has 2 aliphatic rings. The van der Waals surface area contributed by atoms with Crippen LogP contribution in [0.15, 0.2) is 18.7 Å². The first-order chi connectivity index (χ1) is 11.9. The van der Waals surface area contributed by atoms with Crippen LogP contribution in [0.5, 0.6) is 0 Å². The topological polar surface area (TPSA) is 103 Å². The van der Waals surface area contributed by atoms with Crippen LogP contribution in [0, 0.1) is 16.7 Å². The van der Waals surface area contributed by atoms with E-state index in [1.54, 1.807) is 0 Å². The second-order valence-electron chi connectivity index (χ2n) is 8.32. The Morgan fingerprint density at radius 3 is 2.50 bits per heavy atom. The molecule has 0 spiro atoms. The van der Waals surface area contributed by atoms with Crippen LogP contribution in [0.3, 0.4) is 0 Å². The van der Waals surface area contributed by atoms with Crippen molar-refractivity contribution in [3.63, 3.8) is 0 Å². The predicted molar refractivity (Wildman–Crippen MR) is 95.0 cm³/mol. The Balaban J connectivity index is 0.000000197. The Hall–Kier alpha value is -1.25. The van der Waals surface area contributed by atoms with Gasteiger partial charge in [-0.15, -0.1) is 0 Å². The molecule has 3 atom stereocenters. The van der Waals surface area contributed by atoms with E-state index >= 15 is 0 Å². The van der Waals surface area contributed by atoms with Crippen molar-refractivity contribution < 1.29 is 27.4 Å². The molecule has 148 valence electrons. The van der Waals surface area contributed by atoms with Gasteiger partial charge in [-0.3, -0.25) is 4.79 Å². The molecule has 2 bridgehead atoms. The summed E-state index contributed by atoms with van der Waals surface area (Å²) in [7, 11) is -2.34. The number of rotatable bonds is 5. The summed E-state index contributed by atoms with van der Waals surface area (Å²) in [6.07, 6.45) is 8.48. The number of aryl methyl sites for hydroxylation is 2. The van der Waals surface area contributed by atoms with E-state index in [1.807, 2.05) is 51.1 Å². The fourth-order valence-corrected chi connectivity index (χ4v) is 5.66. The van der Waals surface area contributed by atoms with Gasteiger partial charge in [0.1, 0.15) is 18.2 Å². The first-order valence-corrected chi connectivity index (χ1v) is 10.6. The van der Waals surface area contributed by atoms with Gasteiger partial charge in [-0.2, -0.15) is 0 Å². The molecule has 0 aliphatic heterocycles. The summed E-state index contributed by atoms with van der Waals surface area (Å²) in [5.74, 6) is -0.280. The van der Waals surface area contributed by atoms with Gasteiger partial charge in [0, 0.05) is 18.3 Å². The van der Waals surface area contributed by atoms with Gasteiger partial charge >= 0.3 is 0 Å². The zero-order valence-corrected chi connectivity index (χ0v) is 16.8. The summed E-state index contributed by atoms with van der Waals surface area (Å²) in [6.45, 7) is 6.53. The number of aliphatic hydroxyl groups excluding tert-OH is 1. The summed E-state index contributed by atoms with van der Waals surface area (Å²) in [6, 6.07) is 0. The number of imidazole rings is 1. The third-order valence-electron chi connectivity index (χ3n) is 6.19. The van der Waals surface area contributed by atoms with Crippen LogP contribution in [0.25, 0.3) is 0 Å². The zero-order chi connectivity index (χ0) is 19.8. The molecule has 2 fully saturated rings. The van der Waals surface area contributed by atoms with E-state index in [0.717, 1.165) is 19.4 Å². The Morgan fingerprint density at radius 2 is 2.12 bits per heavy atom. The Bertz CT molecular complexity index is 753. The monoisotopic (exact) mass is 386 g/mol. The lowest BCUT2D eigenvalue weighted by molar-refractivity contribution is -0.671. The number of carbonyl (C=O) groups is 1. The maximum atomic E-state index is 11.8. The SMILES string of the molecule is CC(O)CCn1cc[n+](C)c1.CC1(C)[C@H]2CC[C@]1(CS(=O)(=O)[O-])C(=O)C2. The number of ketones is 1. The van der Waals surface area contributed by atoms with E-state index < -0.39 is 21.3 Å². The van der Waals surface area contributed by atoms with Crippen molar-refractivity contribution in [2.45, 2.75) is 59.1 Å². The quantitative estimate of drug-likeness (QED) is 0.601. The Kier molecular flexibility index (Phi) is 5.99. The highest BCUT2D eigenvalue weighted by atomic mass is 32.2. The molecule has 7 nitrogen and oxygen atoms in total. The van der Waals surface area contributed by atoms with Gasteiger partial charge in [0.25, 0.3) is 0 Å². The molecule has 0 aromatic carbocycles. The zero-order valence-electron chi connectivity index (χ0n) is 16.0. The predicted octanol–water partition coefficient (Wildman–Crippen LogP) is 1.01. The van der Waals surface area contributed by atoms with Gasteiger partial charge in [-0.05, 0) is 31.1 Å². The minimum absolute atomic E-state index is 0.0248. The molecule has 26 heavy (non-hydrogen) atoms. The molecule has 1 aromatic rings. The highest BCUT2D eigenvalue weighted by Gasteiger charge is 2.64. The third kappa shape index (κ3) is 4.35. The van der Waals surface area contributed by atoms with E-state index in [1.165, 1.54) is 0 Å². The Labute approximate surface area is 155 Å². The number of fused-ring (bicyclic) bond motifs is 2. The fraction of sp³-hybridized carbons (Fsp3) is 0.778. The molecule has 0 amide bonds. The lowest BCUT2D eigenvalue weighted by Gasteiger charge is -2.37. The molecule has 2 aliphatic carbocycles. The average Bonchev–Trinajstić information content (AvgIpc) is 3.06. The second-order valence-corrected chi connectivity index (χ2v) is 9.73. The standard InChI is InChI=1S/C10H16O4S.C8H15N2O/c1-9(2)7-3-4-10(9,8(11)5-7)6-15(12,13)14;1-8(11)3-4-10-6-5-9(2)7-10/h7H,3-6H2,1-2H3,(H,12,13,14);5-8,11H,3-4H2,1-2H3/q;+1/p-1/t7-,10-;/m0./s1. The summed E-state index contributed by atoms with van der Waals surface area (Å²) < 4.78 is 36.7. The molecule has 0 saturated heterocycles. The van der Waals surface area contributed by atoms with Gasteiger partial charge in [0.2, 0.25) is 6.33 Å². The van der Waals surface area contributed by atoms with Crippen LogP contribution in [0.2, 0.25) is 0 Å². The lowest BCUT2D eigenvalue weighted by Crippen LogP contribution is -2.42. The van der Waals surface area contributed by atoms with E-state index in [0.29, 0.717) is 12.8 Å². The summed E-state index contributed by atoms with van der Waals surface area (Å²) >= 11 is 0. The van der Waals surface area contributed by atoms with Crippen molar-refractivity contribution in [1.82, 2.24) is 4.57 Å². The van der Waals surface area contributed by atoms with Crippen molar-refractivity contribution in [3.05, 3.63) is 18.7 Å². The number of hydrogen-bond donors (Lipinski definition) is 1. The molecule has 1 aromatic heterocycles. The van der Waals surface area contributed by atoms with Crippen molar-refractivity contribution >= 4 is 15.9 Å². The van der Waals surface area contributed by atoms with Gasteiger partial charge in [-0.1, -0.05) is 13.8 Å². The summed E-state index contributed by atoms with van der Waals surface area (Å²) in [5, 5.41) is 9.00. The van der Waals surface area contributed by atoms with Crippen molar-refractivity contribution in [3.8, 4) is 0 Å². The number of aliphatic hydroxyl groups is 1. The van der Waals surface area contributed by atoms with Crippen molar-refractivity contribution in [2.24, 2.45) is 23.8 Å². The normalized spacial score (nSPS) is 27.9. The van der Waals surface area contributed by atoms with E-state index in [4.69, 9.17) is 5.11 Å². The minimum Gasteiger partial charge on any atom is -0.748 e. The van der Waals surface area contributed by atoms with Crippen LogP contribution in [0.4, 0.5) is 0 Å². The highest BCUT2D eigenvalue weighted by molar-refractivity contribution is 7.85. The molecule has 3 rings (SSSR count). The maximum absolute atomic E-state index is 11.8. The third-order valence-corrected chi connectivity index (χ3v) is 7.04. The number of nitrogens with zero attached hydrogens (tertiary/aromatic N) is 2. The number of hydrogen-bond acceptors (Lipinski definition) is 5. The first kappa shape index (κ1) is 21.1. The van der Waals surface area contributed by atoms with Gasteiger partial charge in [0.15, 0.2) is 0 Å². The van der Waals surface area contributed by atoms with E-state index in [-0.39, 0.29) is 23.2 Å². The molecule has 2 saturated carbocycles. The van der Waals surface area contributed by atoms with Gasteiger partial charge in [-0.25, -0.2) is 17.6 Å².